The molecule has 2 heterocycles. The second kappa shape index (κ2) is 10.2. The predicted molar refractivity (Wildman–Crippen MR) is 113 cm³/mol. The molecule has 31 heavy (non-hydrogen) atoms. The van der Waals surface area contributed by atoms with Gasteiger partial charge in [0.2, 0.25) is 11.8 Å². The van der Waals surface area contributed by atoms with Gasteiger partial charge in [0.05, 0.1) is 31.8 Å². The van der Waals surface area contributed by atoms with Crippen molar-refractivity contribution in [3.63, 3.8) is 0 Å². The van der Waals surface area contributed by atoms with E-state index >= 15 is 0 Å². The highest BCUT2D eigenvalue weighted by Crippen LogP contribution is 2.44. The minimum absolute atomic E-state index is 0.0994. The number of ether oxygens (including phenoxy) is 2. The first-order chi connectivity index (χ1) is 14.9. The van der Waals surface area contributed by atoms with E-state index in [1.165, 1.54) is 19.1 Å². The Hall–Kier alpha value is -2.49. The van der Waals surface area contributed by atoms with Crippen LogP contribution in [0.1, 0.15) is 31.7 Å². The predicted octanol–water partition coefficient (Wildman–Crippen LogP) is 1.58. The molecule has 0 aliphatic carbocycles. The highest BCUT2D eigenvalue weighted by Gasteiger charge is 2.58. The Morgan fingerprint density at radius 3 is 2.39 bits per heavy atom. The Kier molecular flexibility index (Phi) is 7.64. The van der Waals surface area contributed by atoms with Crippen LogP contribution in [0.3, 0.4) is 0 Å². The van der Waals surface area contributed by atoms with Crippen LogP contribution in [0.2, 0.25) is 0 Å². The number of amides is 2. The first kappa shape index (κ1) is 23.2. The molecule has 1 N–H and O–H groups in total. The number of methoxy groups -OCH3 is 2. The van der Waals surface area contributed by atoms with Crippen LogP contribution in [0, 0.1) is 5.92 Å². The van der Waals surface area contributed by atoms with Crippen LogP contribution >= 0.6 is 0 Å². The summed E-state index contributed by atoms with van der Waals surface area (Å²) in [6, 6.07) is 7.76. The van der Waals surface area contributed by atoms with Crippen LogP contribution in [-0.4, -0.2) is 73.8 Å². The summed E-state index contributed by atoms with van der Waals surface area (Å²) in [6.45, 7) is 4.29. The van der Waals surface area contributed by atoms with Crippen LogP contribution < -0.4 is 5.32 Å². The Bertz CT molecular complexity index is 789. The number of benzene rings is 1. The van der Waals surface area contributed by atoms with Crippen molar-refractivity contribution in [3.8, 4) is 0 Å². The molecule has 2 aliphatic rings. The monoisotopic (exact) mass is 433 g/mol. The fraction of sp³-hybridized carbons (Fsp3) is 0.591. The Labute approximate surface area is 182 Å². The number of nitrogens with zero attached hydrogens (tertiary/aromatic N) is 2. The van der Waals surface area contributed by atoms with E-state index in [4.69, 9.17) is 14.3 Å². The summed E-state index contributed by atoms with van der Waals surface area (Å²) < 4.78 is 10.0. The standard InChI is InChI=1S/C22H31N3O6/c1-16(26)23-18-6-4-17(5-7-18)15-24-10-8-22(9-11-24)19(21(28)30-3)14-20(27)25(22)31-13-12-29-2/h4-7,19H,8-15H2,1-3H3,(H,23,26). The van der Waals surface area contributed by atoms with Gasteiger partial charge in [-0.05, 0) is 30.5 Å². The Morgan fingerprint density at radius 1 is 1.13 bits per heavy atom. The molecule has 9 nitrogen and oxygen atoms in total. The van der Waals surface area contributed by atoms with Crippen molar-refractivity contribution in [2.75, 3.05) is 45.8 Å². The smallest absolute Gasteiger partial charge is 0.311 e. The largest absolute Gasteiger partial charge is 0.469 e. The van der Waals surface area contributed by atoms with Gasteiger partial charge >= 0.3 is 5.97 Å². The van der Waals surface area contributed by atoms with Crippen LogP contribution in [0.5, 0.6) is 0 Å². The Balaban J connectivity index is 1.67. The summed E-state index contributed by atoms with van der Waals surface area (Å²) in [5.41, 5.74) is 1.21. The molecule has 1 aromatic rings. The molecule has 1 unspecified atom stereocenters. The second-order valence-electron chi connectivity index (χ2n) is 8.05. The molecule has 0 bridgehead atoms. The molecular weight excluding hydrogens is 402 g/mol. The lowest BCUT2D eigenvalue weighted by molar-refractivity contribution is -0.227. The lowest BCUT2D eigenvalue weighted by Gasteiger charge is -2.45. The summed E-state index contributed by atoms with van der Waals surface area (Å²) in [7, 11) is 2.93. The third-order valence-electron chi connectivity index (χ3n) is 6.05. The number of hydroxylamine groups is 2. The summed E-state index contributed by atoms with van der Waals surface area (Å²) in [4.78, 5) is 44.4. The van der Waals surface area contributed by atoms with Gasteiger partial charge < -0.3 is 14.8 Å². The summed E-state index contributed by atoms with van der Waals surface area (Å²) in [5, 5.41) is 4.19. The quantitative estimate of drug-likeness (QED) is 0.491. The average molecular weight is 434 g/mol. The summed E-state index contributed by atoms with van der Waals surface area (Å²) in [6.07, 6.45) is 1.34. The van der Waals surface area contributed by atoms with Crippen molar-refractivity contribution in [3.05, 3.63) is 29.8 Å². The molecular formula is C22H31N3O6. The van der Waals surface area contributed by atoms with Gasteiger partial charge in [-0.25, -0.2) is 5.06 Å². The zero-order valence-electron chi connectivity index (χ0n) is 18.4. The van der Waals surface area contributed by atoms with E-state index in [0.29, 0.717) is 19.4 Å². The minimum Gasteiger partial charge on any atom is -0.469 e. The first-order valence-electron chi connectivity index (χ1n) is 10.5. The molecule has 2 aliphatic heterocycles. The maximum absolute atomic E-state index is 12.7. The van der Waals surface area contributed by atoms with E-state index in [9.17, 15) is 14.4 Å². The maximum Gasteiger partial charge on any atom is 0.311 e. The van der Waals surface area contributed by atoms with Crippen LogP contribution in [0.4, 0.5) is 5.69 Å². The van der Waals surface area contributed by atoms with Gasteiger partial charge in [0, 0.05) is 45.8 Å². The Morgan fingerprint density at radius 2 is 1.81 bits per heavy atom. The molecule has 170 valence electrons. The van der Waals surface area contributed by atoms with E-state index in [1.807, 2.05) is 24.3 Å². The number of hydrogen-bond acceptors (Lipinski definition) is 7. The normalized spacial score (nSPS) is 20.8. The van der Waals surface area contributed by atoms with Crippen molar-refractivity contribution in [1.29, 1.82) is 0 Å². The number of carbonyl (C=O) groups is 3. The van der Waals surface area contributed by atoms with Gasteiger partial charge in [-0.2, -0.15) is 0 Å². The lowest BCUT2D eigenvalue weighted by atomic mass is 9.77. The highest BCUT2D eigenvalue weighted by molar-refractivity contribution is 5.89. The fourth-order valence-electron chi connectivity index (χ4n) is 4.50. The van der Waals surface area contributed by atoms with Gasteiger partial charge in [-0.3, -0.25) is 24.1 Å². The van der Waals surface area contributed by atoms with Gasteiger partial charge in [0.1, 0.15) is 0 Å². The summed E-state index contributed by atoms with van der Waals surface area (Å²) >= 11 is 0. The molecule has 3 rings (SSSR count). The van der Waals surface area contributed by atoms with Crippen molar-refractivity contribution in [2.24, 2.45) is 5.92 Å². The topological polar surface area (TPSA) is 97.4 Å². The first-order valence-corrected chi connectivity index (χ1v) is 10.5. The van der Waals surface area contributed by atoms with Crippen LogP contribution in [0.25, 0.3) is 0 Å². The van der Waals surface area contributed by atoms with Crippen molar-refractivity contribution < 1.29 is 28.7 Å². The fourth-order valence-corrected chi connectivity index (χ4v) is 4.50. The molecule has 2 saturated heterocycles. The SMILES string of the molecule is COCCON1C(=O)CC(C(=O)OC)C12CCN(Cc1ccc(NC(C)=O)cc1)CC2. The number of piperidine rings is 1. The third kappa shape index (κ3) is 5.23. The highest BCUT2D eigenvalue weighted by atomic mass is 16.7. The van der Waals surface area contributed by atoms with Gasteiger partial charge in [0.15, 0.2) is 0 Å². The van der Waals surface area contributed by atoms with Crippen LogP contribution in [-0.2, 0) is 35.2 Å². The lowest BCUT2D eigenvalue weighted by Crippen LogP contribution is -2.57. The van der Waals surface area contributed by atoms with Gasteiger partial charge in [-0.15, -0.1) is 0 Å². The van der Waals surface area contributed by atoms with E-state index in [1.54, 1.807) is 7.11 Å². The molecule has 1 aromatic carbocycles. The van der Waals surface area contributed by atoms with Crippen molar-refractivity contribution in [2.45, 2.75) is 38.3 Å². The zero-order chi connectivity index (χ0) is 22.4. The molecule has 0 radical (unpaired) electrons. The minimum atomic E-state index is -0.691. The molecule has 0 aromatic heterocycles. The second-order valence-corrected chi connectivity index (χ2v) is 8.05. The number of hydrogen-bond donors (Lipinski definition) is 1. The van der Waals surface area contributed by atoms with Crippen molar-refractivity contribution >= 4 is 23.5 Å². The molecule has 0 saturated carbocycles. The van der Waals surface area contributed by atoms with Gasteiger partial charge in [-0.1, -0.05) is 12.1 Å². The van der Waals surface area contributed by atoms with Crippen LogP contribution in [0.15, 0.2) is 24.3 Å². The third-order valence-corrected chi connectivity index (χ3v) is 6.05. The number of esters is 1. The number of anilines is 1. The maximum atomic E-state index is 12.7. The molecule has 1 atom stereocenters. The van der Waals surface area contributed by atoms with E-state index in [-0.39, 0.29) is 30.8 Å². The molecule has 9 heteroatoms. The number of rotatable bonds is 8. The average Bonchev–Trinajstić information content (AvgIpc) is 3.02. The molecule has 1 spiro atoms. The van der Waals surface area contributed by atoms with Crippen molar-refractivity contribution in [1.82, 2.24) is 9.96 Å². The van der Waals surface area contributed by atoms with Gasteiger partial charge in [0.25, 0.3) is 0 Å². The van der Waals surface area contributed by atoms with E-state index in [0.717, 1.165) is 30.9 Å². The number of carbonyl (C=O) groups excluding carboxylic acids is 3. The molecule has 2 amide bonds. The summed E-state index contributed by atoms with van der Waals surface area (Å²) in [5.74, 6) is -1.19. The number of likely N-dealkylation sites (tertiary alicyclic amines) is 1. The van der Waals surface area contributed by atoms with E-state index < -0.39 is 11.5 Å². The zero-order valence-corrected chi connectivity index (χ0v) is 18.4. The number of nitrogens with one attached hydrogen (secondary N) is 1. The molecule has 2 fully saturated rings. The van der Waals surface area contributed by atoms with E-state index in [2.05, 4.69) is 10.2 Å².